The van der Waals surface area contributed by atoms with E-state index in [9.17, 15) is 14.7 Å². The first-order valence-corrected chi connectivity index (χ1v) is 12.3. The molecule has 3 aromatic carbocycles. The maximum absolute atomic E-state index is 13.6. The first-order chi connectivity index (χ1) is 17.2. The van der Waals surface area contributed by atoms with Crippen LogP contribution in [-0.4, -0.2) is 16.9 Å². The topological polar surface area (TPSA) is 79.5 Å². The number of fused-ring (bicyclic) bond motifs is 4. The first-order valence-electron chi connectivity index (χ1n) is 11.9. The second-order valence-electron chi connectivity index (χ2n) is 10.3. The zero-order chi connectivity index (χ0) is 25.2. The monoisotopic (exact) mass is 497 g/mol. The van der Waals surface area contributed by atoms with Gasteiger partial charge in [0.1, 0.15) is 17.6 Å². The molecule has 0 spiro atoms. The molecule has 2 aliphatic rings. The van der Waals surface area contributed by atoms with E-state index < -0.39 is 12.0 Å². The highest BCUT2D eigenvalue weighted by Crippen LogP contribution is 2.52. The van der Waals surface area contributed by atoms with E-state index in [4.69, 9.17) is 16.0 Å². The molecule has 1 aliphatic heterocycles. The molecule has 0 fully saturated rings. The predicted molar refractivity (Wildman–Crippen MR) is 141 cm³/mol. The van der Waals surface area contributed by atoms with Gasteiger partial charge < -0.3 is 14.8 Å². The molecular formula is C30H24ClNO4. The molecule has 0 bridgehead atoms. The number of nitrogens with one attached hydrogen (secondary N) is 1. The second kappa shape index (κ2) is 8.10. The van der Waals surface area contributed by atoms with Crippen molar-refractivity contribution in [2.45, 2.75) is 32.7 Å². The summed E-state index contributed by atoms with van der Waals surface area (Å²) in [7, 11) is 0. The summed E-state index contributed by atoms with van der Waals surface area (Å²) in [4.78, 5) is 25.1. The quantitative estimate of drug-likeness (QED) is 0.302. The maximum Gasteiger partial charge on any atom is 0.337 e. The smallest absolute Gasteiger partial charge is 0.337 e. The average Bonchev–Trinajstić information content (AvgIpc) is 3.32. The van der Waals surface area contributed by atoms with E-state index in [1.54, 1.807) is 18.2 Å². The van der Waals surface area contributed by atoms with Gasteiger partial charge in [0.05, 0.1) is 10.6 Å². The summed E-state index contributed by atoms with van der Waals surface area (Å²) in [5.41, 5.74) is 4.37. The highest BCUT2D eigenvalue weighted by molar-refractivity contribution is 6.33. The minimum absolute atomic E-state index is 0.0124. The minimum Gasteiger partial charge on any atom is -0.478 e. The Kier molecular flexibility index (Phi) is 5.09. The highest BCUT2D eigenvalue weighted by Gasteiger charge is 2.41. The van der Waals surface area contributed by atoms with Gasteiger partial charge in [0, 0.05) is 28.8 Å². The van der Waals surface area contributed by atoms with E-state index in [2.05, 4.69) is 43.4 Å². The number of anilines is 1. The first kappa shape index (κ1) is 22.6. The number of halogens is 1. The number of hydrogen-bond acceptors (Lipinski definition) is 4. The fourth-order valence-corrected chi connectivity index (χ4v) is 5.75. The van der Waals surface area contributed by atoms with Crippen LogP contribution in [0.1, 0.15) is 54.4 Å². The van der Waals surface area contributed by atoms with Crippen LogP contribution in [0.4, 0.5) is 5.69 Å². The largest absolute Gasteiger partial charge is 0.478 e. The molecule has 6 rings (SSSR count). The molecule has 36 heavy (non-hydrogen) atoms. The average molecular weight is 498 g/mol. The van der Waals surface area contributed by atoms with Crippen LogP contribution < -0.4 is 5.32 Å². The number of carboxylic acid groups (broad SMARTS) is 1. The lowest BCUT2D eigenvalue weighted by molar-refractivity contribution is -0.118. The molecule has 0 saturated heterocycles. The summed E-state index contributed by atoms with van der Waals surface area (Å²) in [6, 6.07) is 20.4. The maximum atomic E-state index is 13.6. The van der Waals surface area contributed by atoms with E-state index in [1.165, 1.54) is 6.07 Å². The van der Waals surface area contributed by atoms with Crippen molar-refractivity contribution < 1.29 is 19.1 Å². The number of ketones is 1. The Morgan fingerprint density at radius 1 is 1.06 bits per heavy atom. The third-order valence-corrected chi connectivity index (χ3v) is 7.46. The standard InChI is InChI=1S/C30H24ClNO4/c1-30(2)14-20-26-18-6-4-3-5-16(18)8-10-22(26)32-28(27(20)23(33)15-30)25-12-11-24(36-25)17-7-9-21(31)19(13-17)29(34)35/h3-13,28,32H,14-15H2,1-2H3,(H,34,35)/t28-/m1/s1. The Labute approximate surface area is 213 Å². The summed E-state index contributed by atoms with van der Waals surface area (Å²) in [6.45, 7) is 4.28. The lowest BCUT2D eigenvalue weighted by atomic mass is 9.68. The number of Topliss-reactive ketones (excluding diaryl/α,β-unsaturated/α-hetero) is 1. The van der Waals surface area contributed by atoms with Gasteiger partial charge in [-0.1, -0.05) is 55.8 Å². The Morgan fingerprint density at radius 3 is 2.67 bits per heavy atom. The number of furan rings is 1. The number of hydrogen-bond donors (Lipinski definition) is 2. The summed E-state index contributed by atoms with van der Waals surface area (Å²) in [5, 5.41) is 15.5. The lowest BCUT2D eigenvalue weighted by Gasteiger charge is -2.39. The zero-order valence-corrected chi connectivity index (χ0v) is 20.6. The van der Waals surface area contributed by atoms with Gasteiger partial charge in [-0.25, -0.2) is 4.79 Å². The molecule has 1 atom stereocenters. The van der Waals surface area contributed by atoms with Gasteiger partial charge >= 0.3 is 5.97 Å². The van der Waals surface area contributed by atoms with Crippen molar-refractivity contribution in [3.63, 3.8) is 0 Å². The van der Waals surface area contributed by atoms with E-state index >= 15 is 0 Å². The number of aromatic carboxylic acids is 1. The Hall–Kier alpha value is -3.83. The van der Waals surface area contributed by atoms with Gasteiger partial charge in [-0.05, 0) is 64.6 Å². The van der Waals surface area contributed by atoms with Crippen molar-refractivity contribution in [3.8, 4) is 11.3 Å². The van der Waals surface area contributed by atoms with E-state index in [0.29, 0.717) is 23.5 Å². The summed E-state index contributed by atoms with van der Waals surface area (Å²) >= 11 is 6.05. The molecule has 0 amide bonds. The van der Waals surface area contributed by atoms with Crippen LogP contribution in [0.3, 0.4) is 0 Å². The minimum atomic E-state index is -1.10. The lowest BCUT2D eigenvalue weighted by Crippen LogP contribution is -2.33. The number of carbonyl (C=O) groups is 2. The number of carbonyl (C=O) groups excluding carboxylic acids is 1. The Morgan fingerprint density at radius 2 is 1.86 bits per heavy atom. The molecule has 0 unspecified atom stereocenters. The fourth-order valence-electron chi connectivity index (χ4n) is 5.56. The van der Waals surface area contributed by atoms with Crippen LogP contribution in [0.2, 0.25) is 5.02 Å². The molecule has 0 radical (unpaired) electrons. The molecule has 2 N–H and O–H groups in total. The highest BCUT2D eigenvalue weighted by atomic mass is 35.5. The van der Waals surface area contributed by atoms with Gasteiger partial charge in [0.25, 0.3) is 0 Å². The SMILES string of the molecule is CC1(C)CC(=O)C2=C(C1)c1c(ccc3ccccc13)N[C@@H]2c1ccc(-c2ccc(Cl)c(C(=O)O)c2)o1. The van der Waals surface area contributed by atoms with Crippen LogP contribution in [-0.2, 0) is 4.79 Å². The van der Waals surface area contributed by atoms with E-state index in [-0.39, 0.29) is 21.8 Å². The fraction of sp³-hybridized carbons (Fsp3) is 0.200. The van der Waals surface area contributed by atoms with Crippen LogP contribution >= 0.6 is 11.6 Å². The van der Waals surface area contributed by atoms with Gasteiger partial charge in [0.15, 0.2) is 5.78 Å². The van der Waals surface area contributed by atoms with Crippen molar-refractivity contribution >= 4 is 45.4 Å². The van der Waals surface area contributed by atoms with Crippen molar-refractivity contribution in [3.05, 3.63) is 94.2 Å². The van der Waals surface area contributed by atoms with Crippen LogP contribution in [0.5, 0.6) is 0 Å². The number of allylic oxidation sites excluding steroid dienone is 1. The van der Waals surface area contributed by atoms with Crippen LogP contribution in [0.25, 0.3) is 27.7 Å². The summed E-state index contributed by atoms with van der Waals surface area (Å²) in [6.07, 6.45) is 1.26. The summed E-state index contributed by atoms with van der Waals surface area (Å²) in [5.74, 6) is 0.142. The molecule has 1 aliphatic carbocycles. The Bertz CT molecular complexity index is 1610. The number of carboxylic acids is 1. The molecule has 6 heteroatoms. The van der Waals surface area contributed by atoms with Crippen LogP contribution in [0, 0.1) is 5.41 Å². The van der Waals surface area contributed by atoms with Gasteiger partial charge in [0.2, 0.25) is 0 Å². The third kappa shape index (κ3) is 3.62. The van der Waals surface area contributed by atoms with Crippen LogP contribution in [0.15, 0.2) is 76.7 Å². The Balaban J connectivity index is 1.50. The van der Waals surface area contributed by atoms with Crippen molar-refractivity contribution in [1.29, 1.82) is 0 Å². The third-order valence-electron chi connectivity index (χ3n) is 7.13. The van der Waals surface area contributed by atoms with Gasteiger partial charge in [-0.15, -0.1) is 0 Å². The molecule has 4 aromatic rings. The normalized spacial score (nSPS) is 18.5. The van der Waals surface area contributed by atoms with E-state index in [0.717, 1.165) is 39.6 Å². The molecule has 180 valence electrons. The molecule has 5 nitrogen and oxygen atoms in total. The van der Waals surface area contributed by atoms with Gasteiger partial charge in [-0.2, -0.15) is 0 Å². The molecule has 1 aromatic heterocycles. The zero-order valence-electron chi connectivity index (χ0n) is 19.9. The number of benzene rings is 3. The van der Waals surface area contributed by atoms with Crippen molar-refractivity contribution in [2.75, 3.05) is 5.32 Å². The number of rotatable bonds is 3. The molecule has 2 heterocycles. The second-order valence-corrected chi connectivity index (χ2v) is 10.7. The predicted octanol–water partition coefficient (Wildman–Crippen LogP) is 7.76. The molecular weight excluding hydrogens is 474 g/mol. The van der Waals surface area contributed by atoms with Gasteiger partial charge in [-0.3, -0.25) is 4.79 Å². The van der Waals surface area contributed by atoms with Crippen molar-refractivity contribution in [2.24, 2.45) is 5.41 Å². The van der Waals surface area contributed by atoms with Crippen molar-refractivity contribution in [1.82, 2.24) is 0 Å². The summed E-state index contributed by atoms with van der Waals surface area (Å²) < 4.78 is 6.25. The molecule has 0 saturated carbocycles. The van der Waals surface area contributed by atoms with E-state index in [1.807, 2.05) is 18.2 Å².